The van der Waals surface area contributed by atoms with E-state index < -0.39 is 0 Å². The van der Waals surface area contributed by atoms with E-state index in [2.05, 4.69) is 27.9 Å². The van der Waals surface area contributed by atoms with Crippen molar-refractivity contribution in [1.82, 2.24) is 25.6 Å². The van der Waals surface area contributed by atoms with Gasteiger partial charge in [-0.3, -0.25) is 14.3 Å². The maximum atomic E-state index is 11.7. The maximum Gasteiger partial charge on any atom is 0.219 e. The van der Waals surface area contributed by atoms with E-state index in [-0.39, 0.29) is 11.8 Å². The van der Waals surface area contributed by atoms with Crippen molar-refractivity contribution in [2.75, 3.05) is 13.1 Å². The molecule has 29 heavy (non-hydrogen) atoms. The van der Waals surface area contributed by atoms with E-state index in [1.165, 1.54) is 19.8 Å². The standard InChI is InChI=1S/C18H33N5O2.2C2H6/c1-3-4-5-6-11-18(25)20-13-9-14-23-15-17(21-22-23)10-7-8-12-19-16(2)24;2*1-2/h15H,3-14H2,1-2H3,(H,19,24)(H,20,25);2*1-2H3. The molecular formula is C22H45N5O2. The van der Waals surface area contributed by atoms with Gasteiger partial charge in [0.15, 0.2) is 0 Å². The Bertz CT molecular complexity index is 503. The molecule has 0 aliphatic heterocycles. The Morgan fingerprint density at radius 1 is 0.931 bits per heavy atom. The summed E-state index contributed by atoms with van der Waals surface area (Å²) < 4.78 is 1.83. The molecule has 0 aliphatic carbocycles. The van der Waals surface area contributed by atoms with Crippen LogP contribution in [-0.2, 0) is 22.6 Å². The molecule has 0 radical (unpaired) electrons. The summed E-state index contributed by atoms with van der Waals surface area (Å²) in [6.45, 7) is 13.8. The van der Waals surface area contributed by atoms with Crippen LogP contribution in [0, 0.1) is 0 Å². The fourth-order valence-corrected chi connectivity index (χ4v) is 2.53. The summed E-state index contributed by atoms with van der Waals surface area (Å²) >= 11 is 0. The van der Waals surface area contributed by atoms with Gasteiger partial charge in [0.2, 0.25) is 11.8 Å². The molecule has 0 saturated heterocycles. The number of hydrogen-bond acceptors (Lipinski definition) is 4. The van der Waals surface area contributed by atoms with Crippen molar-refractivity contribution in [2.45, 2.75) is 106 Å². The number of nitrogens with zero attached hydrogens (tertiary/aromatic N) is 3. The van der Waals surface area contributed by atoms with E-state index >= 15 is 0 Å². The van der Waals surface area contributed by atoms with Crippen molar-refractivity contribution < 1.29 is 9.59 Å². The SMILES string of the molecule is CC.CC.CCCCCCC(=O)NCCCn1cc(CCCCNC(C)=O)nn1. The number of aryl methyl sites for hydroxylation is 2. The summed E-state index contributed by atoms with van der Waals surface area (Å²) in [6.07, 6.45) is 10.7. The van der Waals surface area contributed by atoms with E-state index in [1.807, 2.05) is 38.6 Å². The van der Waals surface area contributed by atoms with Crippen LogP contribution in [-0.4, -0.2) is 39.9 Å². The summed E-state index contributed by atoms with van der Waals surface area (Å²) in [5, 5.41) is 14.0. The van der Waals surface area contributed by atoms with Gasteiger partial charge in [0, 0.05) is 39.2 Å². The van der Waals surface area contributed by atoms with Crippen LogP contribution in [0.5, 0.6) is 0 Å². The average Bonchev–Trinajstić information content (AvgIpc) is 3.19. The molecule has 0 aromatic carbocycles. The third-order valence-corrected chi connectivity index (χ3v) is 3.96. The third-order valence-electron chi connectivity index (χ3n) is 3.96. The molecule has 0 bridgehead atoms. The Morgan fingerprint density at radius 3 is 2.28 bits per heavy atom. The lowest BCUT2D eigenvalue weighted by molar-refractivity contribution is -0.121. The summed E-state index contributed by atoms with van der Waals surface area (Å²) in [5.74, 6) is 0.161. The molecule has 0 spiro atoms. The predicted molar refractivity (Wildman–Crippen MR) is 121 cm³/mol. The van der Waals surface area contributed by atoms with Gasteiger partial charge in [0.05, 0.1) is 5.69 Å². The molecule has 0 atom stereocenters. The second-order valence-corrected chi connectivity index (χ2v) is 6.43. The van der Waals surface area contributed by atoms with Gasteiger partial charge in [-0.2, -0.15) is 0 Å². The number of unbranched alkanes of at least 4 members (excludes halogenated alkanes) is 4. The van der Waals surface area contributed by atoms with Gasteiger partial charge < -0.3 is 10.6 Å². The Kier molecular flexibility index (Phi) is 22.6. The Morgan fingerprint density at radius 2 is 1.62 bits per heavy atom. The molecule has 1 rings (SSSR count). The molecule has 0 fully saturated rings. The number of carbonyl (C=O) groups excluding carboxylic acids is 2. The van der Waals surface area contributed by atoms with Crippen LogP contribution in [0.2, 0.25) is 0 Å². The highest BCUT2D eigenvalue weighted by atomic mass is 16.2. The lowest BCUT2D eigenvalue weighted by Crippen LogP contribution is -2.24. The molecule has 0 saturated carbocycles. The Labute approximate surface area is 178 Å². The first-order chi connectivity index (χ1) is 14.1. The van der Waals surface area contributed by atoms with Crippen molar-refractivity contribution in [1.29, 1.82) is 0 Å². The van der Waals surface area contributed by atoms with Crippen molar-refractivity contribution in [3.63, 3.8) is 0 Å². The number of carbonyl (C=O) groups is 2. The van der Waals surface area contributed by atoms with Crippen LogP contribution < -0.4 is 10.6 Å². The minimum Gasteiger partial charge on any atom is -0.356 e. The van der Waals surface area contributed by atoms with Crippen molar-refractivity contribution in [3.8, 4) is 0 Å². The maximum absolute atomic E-state index is 11.7. The van der Waals surface area contributed by atoms with Crippen LogP contribution in [0.1, 0.15) is 98.6 Å². The van der Waals surface area contributed by atoms with Crippen LogP contribution in [0.25, 0.3) is 0 Å². The number of nitrogens with one attached hydrogen (secondary N) is 2. The number of amides is 2. The molecule has 0 unspecified atom stereocenters. The second kappa shape index (κ2) is 22.4. The predicted octanol–water partition coefficient (Wildman–Crippen LogP) is 4.27. The zero-order chi connectivity index (χ0) is 22.3. The van der Waals surface area contributed by atoms with Gasteiger partial charge in [-0.15, -0.1) is 5.10 Å². The van der Waals surface area contributed by atoms with Gasteiger partial charge in [-0.1, -0.05) is 59.1 Å². The monoisotopic (exact) mass is 411 g/mol. The first-order valence-electron chi connectivity index (χ1n) is 11.5. The van der Waals surface area contributed by atoms with E-state index in [1.54, 1.807) is 0 Å². The first kappa shape index (κ1) is 29.3. The van der Waals surface area contributed by atoms with E-state index in [4.69, 9.17) is 0 Å². The molecule has 1 heterocycles. The van der Waals surface area contributed by atoms with Crippen LogP contribution in [0.3, 0.4) is 0 Å². The van der Waals surface area contributed by atoms with Crippen molar-refractivity contribution >= 4 is 11.8 Å². The van der Waals surface area contributed by atoms with Crippen molar-refractivity contribution in [2.24, 2.45) is 0 Å². The quantitative estimate of drug-likeness (QED) is 0.448. The molecule has 170 valence electrons. The van der Waals surface area contributed by atoms with E-state index in [0.29, 0.717) is 19.5 Å². The molecule has 1 aromatic heterocycles. The first-order valence-corrected chi connectivity index (χ1v) is 11.5. The highest BCUT2D eigenvalue weighted by molar-refractivity contribution is 5.75. The highest BCUT2D eigenvalue weighted by Crippen LogP contribution is 2.03. The fourth-order valence-electron chi connectivity index (χ4n) is 2.53. The number of hydrogen-bond donors (Lipinski definition) is 2. The van der Waals surface area contributed by atoms with E-state index in [0.717, 1.165) is 50.8 Å². The molecule has 7 heteroatoms. The zero-order valence-electron chi connectivity index (χ0n) is 19.7. The molecule has 1 aromatic rings. The molecule has 0 aliphatic rings. The lowest BCUT2D eigenvalue weighted by atomic mass is 10.1. The second-order valence-electron chi connectivity index (χ2n) is 6.43. The minimum atomic E-state index is 0.0130. The largest absolute Gasteiger partial charge is 0.356 e. The van der Waals surface area contributed by atoms with Gasteiger partial charge in [0.1, 0.15) is 0 Å². The molecule has 7 nitrogen and oxygen atoms in total. The van der Waals surface area contributed by atoms with Crippen LogP contribution in [0.4, 0.5) is 0 Å². The number of aromatic nitrogens is 3. The van der Waals surface area contributed by atoms with Gasteiger partial charge in [-0.05, 0) is 32.1 Å². The Hall–Kier alpha value is -1.92. The Balaban J connectivity index is 0. The van der Waals surface area contributed by atoms with Crippen molar-refractivity contribution in [3.05, 3.63) is 11.9 Å². The zero-order valence-corrected chi connectivity index (χ0v) is 19.7. The average molecular weight is 412 g/mol. The summed E-state index contributed by atoms with van der Waals surface area (Å²) in [6, 6.07) is 0. The minimum absolute atomic E-state index is 0.0130. The van der Waals surface area contributed by atoms with Gasteiger partial charge in [-0.25, -0.2) is 0 Å². The van der Waals surface area contributed by atoms with Gasteiger partial charge >= 0.3 is 0 Å². The topological polar surface area (TPSA) is 88.9 Å². The molecule has 2 amide bonds. The fraction of sp³-hybridized carbons (Fsp3) is 0.818. The summed E-state index contributed by atoms with van der Waals surface area (Å²) in [7, 11) is 0. The van der Waals surface area contributed by atoms with Crippen LogP contribution >= 0.6 is 0 Å². The molecule has 2 N–H and O–H groups in total. The molecular weight excluding hydrogens is 366 g/mol. The van der Waals surface area contributed by atoms with E-state index in [9.17, 15) is 9.59 Å². The van der Waals surface area contributed by atoms with Crippen LogP contribution in [0.15, 0.2) is 6.20 Å². The lowest BCUT2D eigenvalue weighted by Gasteiger charge is -2.05. The smallest absolute Gasteiger partial charge is 0.219 e. The normalized spacial score (nSPS) is 9.59. The third kappa shape index (κ3) is 19.2. The summed E-state index contributed by atoms with van der Waals surface area (Å²) in [5.41, 5.74) is 0.975. The van der Waals surface area contributed by atoms with Gasteiger partial charge in [0.25, 0.3) is 0 Å². The highest BCUT2D eigenvalue weighted by Gasteiger charge is 2.03. The number of rotatable bonds is 14. The summed E-state index contributed by atoms with van der Waals surface area (Å²) in [4.78, 5) is 22.4.